The number of hydrogen-bond donors (Lipinski definition) is 1. The number of ether oxygens (including phenoxy) is 3. The van der Waals surface area contributed by atoms with Crippen LogP contribution < -0.4 is 19.5 Å². The summed E-state index contributed by atoms with van der Waals surface area (Å²) in [7, 11) is 0. The van der Waals surface area contributed by atoms with E-state index in [2.05, 4.69) is 31.3 Å². The van der Waals surface area contributed by atoms with Gasteiger partial charge in [-0.1, -0.05) is 26.0 Å². The van der Waals surface area contributed by atoms with Gasteiger partial charge in [-0.3, -0.25) is 4.79 Å². The van der Waals surface area contributed by atoms with Gasteiger partial charge in [0.05, 0.1) is 6.61 Å². The molecule has 3 rings (SSSR count). The Labute approximate surface area is 147 Å². The largest absolute Gasteiger partial charge is 0.494 e. The zero-order valence-electron chi connectivity index (χ0n) is 14.6. The van der Waals surface area contributed by atoms with Gasteiger partial charge in [-0.2, -0.15) is 0 Å². The molecule has 0 fully saturated rings. The van der Waals surface area contributed by atoms with E-state index in [0.29, 0.717) is 42.6 Å². The Bertz CT molecular complexity index is 725. The van der Waals surface area contributed by atoms with Gasteiger partial charge in [0, 0.05) is 18.2 Å². The molecule has 132 valence electrons. The molecule has 0 aromatic heterocycles. The average Bonchev–Trinajstić information content (AvgIpc) is 3.07. The maximum atomic E-state index is 12.0. The highest BCUT2D eigenvalue weighted by molar-refractivity contribution is 5.91. The summed E-state index contributed by atoms with van der Waals surface area (Å²) < 4.78 is 16.2. The molecule has 0 saturated heterocycles. The maximum Gasteiger partial charge on any atom is 0.231 e. The maximum absolute atomic E-state index is 12.0. The number of carbonyl (C=O) groups is 1. The molecule has 25 heavy (non-hydrogen) atoms. The minimum Gasteiger partial charge on any atom is -0.494 e. The van der Waals surface area contributed by atoms with Crippen molar-refractivity contribution >= 4 is 11.6 Å². The van der Waals surface area contributed by atoms with E-state index in [0.717, 1.165) is 5.75 Å². The minimum absolute atomic E-state index is 0.0439. The molecule has 1 aliphatic heterocycles. The Balaban J connectivity index is 1.39. The number of hydrogen-bond acceptors (Lipinski definition) is 4. The molecular weight excluding hydrogens is 318 g/mol. The Morgan fingerprint density at radius 2 is 1.88 bits per heavy atom. The fourth-order valence-electron chi connectivity index (χ4n) is 2.57. The second-order valence-electron chi connectivity index (χ2n) is 6.29. The lowest BCUT2D eigenvalue weighted by molar-refractivity contribution is -0.116. The van der Waals surface area contributed by atoms with Crippen LogP contribution in [0.15, 0.2) is 42.5 Å². The van der Waals surface area contributed by atoms with Crippen molar-refractivity contribution in [1.82, 2.24) is 0 Å². The summed E-state index contributed by atoms with van der Waals surface area (Å²) in [5.74, 6) is 2.66. The third-order valence-electron chi connectivity index (χ3n) is 4.02. The van der Waals surface area contributed by atoms with Crippen molar-refractivity contribution in [2.75, 3.05) is 18.7 Å². The molecule has 1 amide bonds. The first-order valence-corrected chi connectivity index (χ1v) is 8.54. The Morgan fingerprint density at radius 3 is 2.64 bits per heavy atom. The Kier molecular flexibility index (Phi) is 5.43. The summed E-state index contributed by atoms with van der Waals surface area (Å²) in [5.41, 5.74) is 2.00. The van der Waals surface area contributed by atoms with Crippen LogP contribution >= 0.6 is 0 Å². The van der Waals surface area contributed by atoms with Gasteiger partial charge in [0.2, 0.25) is 12.7 Å². The first-order valence-electron chi connectivity index (χ1n) is 8.54. The first-order chi connectivity index (χ1) is 12.1. The van der Waals surface area contributed by atoms with Crippen molar-refractivity contribution in [2.24, 2.45) is 0 Å². The smallest absolute Gasteiger partial charge is 0.231 e. The predicted molar refractivity (Wildman–Crippen MR) is 96.5 cm³/mol. The highest BCUT2D eigenvalue weighted by Crippen LogP contribution is 2.34. The van der Waals surface area contributed by atoms with Crippen molar-refractivity contribution in [3.8, 4) is 17.2 Å². The minimum atomic E-state index is -0.0439. The van der Waals surface area contributed by atoms with Crippen molar-refractivity contribution in [1.29, 1.82) is 0 Å². The molecule has 1 heterocycles. The number of benzene rings is 2. The van der Waals surface area contributed by atoms with Gasteiger partial charge in [-0.05, 0) is 42.2 Å². The molecule has 0 aliphatic carbocycles. The molecule has 0 saturated carbocycles. The van der Waals surface area contributed by atoms with E-state index < -0.39 is 0 Å². The van der Waals surface area contributed by atoms with E-state index in [4.69, 9.17) is 14.2 Å². The third kappa shape index (κ3) is 4.66. The van der Waals surface area contributed by atoms with Crippen molar-refractivity contribution in [3.05, 3.63) is 48.0 Å². The van der Waals surface area contributed by atoms with E-state index in [-0.39, 0.29) is 12.7 Å². The summed E-state index contributed by atoms with van der Waals surface area (Å²) in [6.45, 7) is 5.06. The number of anilines is 1. The van der Waals surface area contributed by atoms with E-state index in [1.807, 2.05) is 12.1 Å². The van der Waals surface area contributed by atoms with Gasteiger partial charge < -0.3 is 19.5 Å². The number of rotatable bonds is 7. The van der Waals surface area contributed by atoms with Crippen LogP contribution in [0, 0.1) is 0 Å². The average molecular weight is 341 g/mol. The SMILES string of the molecule is CC(C)c1ccc(OCCCC(=O)Nc2ccc3c(c2)OCO3)cc1. The number of carbonyl (C=O) groups excluding carboxylic acids is 1. The fraction of sp³-hybridized carbons (Fsp3) is 0.350. The first kappa shape index (κ1) is 17.1. The molecule has 0 spiro atoms. The highest BCUT2D eigenvalue weighted by Gasteiger charge is 2.14. The van der Waals surface area contributed by atoms with Gasteiger partial charge in [-0.25, -0.2) is 0 Å². The lowest BCUT2D eigenvalue weighted by Crippen LogP contribution is -2.12. The monoisotopic (exact) mass is 341 g/mol. The van der Waals surface area contributed by atoms with Crippen LogP contribution in [0.1, 0.15) is 38.2 Å². The molecule has 2 aromatic rings. The number of amides is 1. The van der Waals surface area contributed by atoms with Gasteiger partial charge in [-0.15, -0.1) is 0 Å². The quantitative estimate of drug-likeness (QED) is 0.761. The lowest BCUT2D eigenvalue weighted by Gasteiger charge is -2.09. The molecule has 1 aliphatic rings. The van der Waals surface area contributed by atoms with Crippen molar-refractivity contribution in [2.45, 2.75) is 32.6 Å². The zero-order valence-corrected chi connectivity index (χ0v) is 14.6. The number of fused-ring (bicyclic) bond motifs is 1. The van der Waals surface area contributed by atoms with Gasteiger partial charge in [0.1, 0.15) is 5.75 Å². The Morgan fingerprint density at radius 1 is 1.12 bits per heavy atom. The van der Waals surface area contributed by atoms with E-state index >= 15 is 0 Å². The molecule has 0 atom stereocenters. The van der Waals surface area contributed by atoms with E-state index in [1.165, 1.54) is 5.56 Å². The molecule has 1 N–H and O–H groups in total. The van der Waals surface area contributed by atoms with Crippen LogP contribution in [0.25, 0.3) is 0 Å². The summed E-state index contributed by atoms with van der Waals surface area (Å²) in [5, 5.41) is 2.86. The highest BCUT2D eigenvalue weighted by atomic mass is 16.7. The topological polar surface area (TPSA) is 56.8 Å². The normalized spacial score (nSPS) is 12.3. The molecule has 2 aromatic carbocycles. The van der Waals surface area contributed by atoms with Crippen molar-refractivity contribution in [3.63, 3.8) is 0 Å². The van der Waals surface area contributed by atoms with Gasteiger partial charge in [0.15, 0.2) is 11.5 Å². The Hall–Kier alpha value is -2.69. The molecule has 0 unspecified atom stereocenters. The van der Waals surface area contributed by atoms with Gasteiger partial charge >= 0.3 is 0 Å². The van der Waals surface area contributed by atoms with Crippen LogP contribution in [0.2, 0.25) is 0 Å². The second kappa shape index (κ2) is 7.92. The summed E-state index contributed by atoms with van der Waals surface area (Å²) >= 11 is 0. The van der Waals surface area contributed by atoms with E-state index in [9.17, 15) is 4.79 Å². The summed E-state index contributed by atoms with van der Waals surface area (Å²) in [6.07, 6.45) is 1.06. The molecule has 5 heteroatoms. The second-order valence-corrected chi connectivity index (χ2v) is 6.29. The fourth-order valence-corrected chi connectivity index (χ4v) is 2.57. The third-order valence-corrected chi connectivity index (χ3v) is 4.02. The predicted octanol–water partition coefficient (Wildman–Crippen LogP) is 4.34. The molecule has 5 nitrogen and oxygen atoms in total. The van der Waals surface area contributed by atoms with Crippen LogP contribution in [0.3, 0.4) is 0 Å². The zero-order chi connectivity index (χ0) is 17.6. The lowest BCUT2D eigenvalue weighted by atomic mass is 10.0. The van der Waals surface area contributed by atoms with Gasteiger partial charge in [0.25, 0.3) is 0 Å². The van der Waals surface area contributed by atoms with Crippen LogP contribution in [0.4, 0.5) is 5.69 Å². The van der Waals surface area contributed by atoms with Crippen LogP contribution in [-0.2, 0) is 4.79 Å². The molecule has 0 radical (unpaired) electrons. The number of nitrogens with one attached hydrogen (secondary N) is 1. The molecular formula is C20H23NO4. The van der Waals surface area contributed by atoms with Crippen LogP contribution in [-0.4, -0.2) is 19.3 Å². The van der Waals surface area contributed by atoms with Crippen molar-refractivity contribution < 1.29 is 19.0 Å². The van der Waals surface area contributed by atoms with E-state index in [1.54, 1.807) is 18.2 Å². The van der Waals surface area contributed by atoms with Crippen LogP contribution in [0.5, 0.6) is 17.2 Å². The standard InChI is InChI=1S/C20H23NO4/c1-14(2)15-5-8-17(9-6-15)23-11-3-4-20(22)21-16-7-10-18-19(12-16)25-13-24-18/h5-10,12,14H,3-4,11,13H2,1-2H3,(H,21,22). The molecule has 0 bridgehead atoms. The summed E-state index contributed by atoms with van der Waals surface area (Å²) in [6, 6.07) is 13.5. The summed E-state index contributed by atoms with van der Waals surface area (Å²) in [4.78, 5) is 12.0.